The van der Waals surface area contributed by atoms with E-state index >= 15 is 0 Å². The molecule has 0 saturated heterocycles. The SMILES string of the molecule is CN(C)CCNCC[N+](C)(C)CCN(C)C. The number of quaternary nitrogens is 1. The van der Waals surface area contributed by atoms with Crippen LogP contribution >= 0.6 is 0 Å². The van der Waals surface area contributed by atoms with Crippen molar-refractivity contribution in [1.29, 1.82) is 0 Å². The van der Waals surface area contributed by atoms with Crippen LogP contribution in [-0.2, 0) is 0 Å². The lowest BCUT2D eigenvalue weighted by molar-refractivity contribution is -0.888. The van der Waals surface area contributed by atoms with E-state index in [0.29, 0.717) is 0 Å². The minimum atomic E-state index is 1.08. The first-order valence-electron chi connectivity index (χ1n) is 6.16. The van der Waals surface area contributed by atoms with E-state index in [1.165, 1.54) is 13.1 Å². The average molecular weight is 231 g/mol. The highest BCUT2D eigenvalue weighted by molar-refractivity contribution is 4.50. The summed E-state index contributed by atoms with van der Waals surface area (Å²) in [7, 11) is 13.1. The zero-order valence-electron chi connectivity index (χ0n) is 12.1. The van der Waals surface area contributed by atoms with Gasteiger partial charge in [-0.25, -0.2) is 0 Å². The summed E-state index contributed by atoms with van der Waals surface area (Å²) in [4.78, 5) is 4.46. The van der Waals surface area contributed by atoms with E-state index in [1.807, 2.05) is 0 Å². The lowest BCUT2D eigenvalue weighted by Crippen LogP contribution is -2.48. The van der Waals surface area contributed by atoms with Crippen molar-refractivity contribution in [1.82, 2.24) is 15.1 Å². The molecule has 0 radical (unpaired) electrons. The van der Waals surface area contributed by atoms with Gasteiger partial charge in [-0.05, 0) is 28.2 Å². The minimum Gasteiger partial charge on any atom is -0.326 e. The predicted octanol–water partition coefficient (Wildman–Crippen LogP) is -0.224. The third-order valence-corrected chi connectivity index (χ3v) is 2.78. The summed E-state index contributed by atoms with van der Waals surface area (Å²) in [6, 6.07) is 0. The van der Waals surface area contributed by atoms with Gasteiger partial charge in [-0.15, -0.1) is 0 Å². The van der Waals surface area contributed by atoms with Crippen molar-refractivity contribution >= 4 is 0 Å². The molecular formula is C12H31N4+. The van der Waals surface area contributed by atoms with E-state index < -0.39 is 0 Å². The van der Waals surface area contributed by atoms with Crippen molar-refractivity contribution in [2.24, 2.45) is 0 Å². The molecule has 4 heteroatoms. The third-order valence-electron chi connectivity index (χ3n) is 2.78. The second-order valence-corrected chi connectivity index (χ2v) is 5.74. The standard InChI is InChI=1S/C12H31N4/c1-14(2)9-7-13-8-11-16(5,6)12-10-15(3)4/h13H,7-12H2,1-6H3/q+1. The molecule has 0 aromatic rings. The highest BCUT2D eigenvalue weighted by Crippen LogP contribution is 1.95. The first-order valence-corrected chi connectivity index (χ1v) is 6.16. The zero-order valence-corrected chi connectivity index (χ0v) is 12.1. The van der Waals surface area contributed by atoms with Crippen molar-refractivity contribution in [3.05, 3.63) is 0 Å². The van der Waals surface area contributed by atoms with Crippen LogP contribution in [0.25, 0.3) is 0 Å². The molecular weight excluding hydrogens is 200 g/mol. The molecule has 0 rings (SSSR count). The number of hydrogen-bond acceptors (Lipinski definition) is 3. The molecule has 0 unspecified atom stereocenters. The van der Waals surface area contributed by atoms with Crippen LogP contribution in [0.5, 0.6) is 0 Å². The summed E-state index contributed by atoms with van der Waals surface area (Å²) >= 11 is 0. The molecule has 0 atom stereocenters. The summed E-state index contributed by atoms with van der Waals surface area (Å²) < 4.78 is 1.09. The van der Waals surface area contributed by atoms with Gasteiger partial charge in [-0.1, -0.05) is 0 Å². The Morgan fingerprint density at radius 2 is 1.38 bits per heavy atom. The number of rotatable bonds is 9. The Kier molecular flexibility index (Phi) is 7.93. The molecule has 0 amide bonds. The Morgan fingerprint density at radius 3 is 1.88 bits per heavy atom. The Morgan fingerprint density at radius 1 is 0.812 bits per heavy atom. The molecule has 16 heavy (non-hydrogen) atoms. The molecule has 0 spiro atoms. The average Bonchev–Trinajstić information content (AvgIpc) is 2.14. The molecule has 0 aliphatic rings. The largest absolute Gasteiger partial charge is 0.326 e. The van der Waals surface area contributed by atoms with E-state index in [9.17, 15) is 0 Å². The highest BCUT2D eigenvalue weighted by Gasteiger charge is 2.13. The molecule has 0 aromatic heterocycles. The number of hydrogen-bond donors (Lipinski definition) is 1. The zero-order chi connectivity index (χ0) is 12.6. The van der Waals surface area contributed by atoms with Crippen LogP contribution in [0, 0.1) is 0 Å². The van der Waals surface area contributed by atoms with Gasteiger partial charge in [0.05, 0.1) is 27.2 Å². The maximum Gasteiger partial charge on any atom is 0.0911 e. The van der Waals surface area contributed by atoms with Gasteiger partial charge in [0.25, 0.3) is 0 Å². The quantitative estimate of drug-likeness (QED) is 0.437. The number of likely N-dealkylation sites (N-methyl/N-ethyl adjacent to an activating group) is 3. The predicted molar refractivity (Wildman–Crippen MR) is 71.8 cm³/mol. The monoisotopic (exact) mass is 231 g/mol. The van der Waals surface area contributed by atoms with Crippen LogP contribution < -0.4 is 5.32 Å². The lowest BCUT2D eigenvalue weighted by atomic mass is 10.4. The van der Waals surface area contributed by atoms with Crippen LogP contribution in [-0.4, -0.2) is 95.8 Å². The second-order valence-electron chi connectivity index (χ2n) is 5.74. The van der Waals surface area contributed by atoms with Crippen LogP contribution in [0.4, 0.5) is 0 Å². The van der Waals surface area contributed by atoms with Crippen molar-refractivity contribution in [2.45, 2.75) is 0 Å². The van der Waals surface area contributed by atoms with E-state index in [1.54, 1.807) is 0 Å². The molecule has 0 aliphatic carbocycles. The molecule has 1 N–H and O–H groups in total. The summed E-state index contributed by atoms with van der Waals surface area (Å²) in [6.45, 7) is 6.87. The van der Waals surface area contributed by atoms with Crippen molar-refractivity contribution in [2.75, 3.05) is 81.6 Å². The number of nitrogens with zero attached hydrogens (tertiary/aromatic N) is 3. The smallest absolute Gasteiger partial charge is 0.0911 e. The van der Waals surface area contributed by atoms with E-state index in [2.05, 4.69) is 57.4 Å². The molecule has 0 aliphatic heterocycles. The summed E-state index contributed by atoms with van der Waals surface area (Å²) in [5.41, 5.74) is 0. The Labute approximate surface area is 102 Å². The fourth-order valence-corrected chi connectivity index (χ4v) is 1.39. The van der Waals surface area contributed by atoms with Gasteiger partial charge in [0, 0.05) is 26.2 Å². The van der Waals surface area contributed by atoms with Gasteiger partial charge >= 0.3 is 0 Å². The molecule has 4 nitrogen and oxygen atoms in total. The molecule has 0 bridgehead atoms. The Bertz CT molecular complexity index is 166. The topological polar surface area (TPSA) is 18.5 Å². The maximum absolute atomic E-state index is 3.49. The van der Waals surface area contributed by atoms with Crippen molar-refractivity contribution < 1.29 is 4.48 Å². The van der Waals surface area contributed by atoms with E-state index in [-0.39, 0.29) is 0 Å². The third kappa shape index (κ3) is 10.4. The minimum absolute atomic E-state index is 1.08. The van der Waals surface area contributed by atoms with E-state index in [4.69, 9.17) is 0 Å². The molecule has 0 heterocycles. The highest BCUT2D eigenvalue weighted by atomic mass is 15.3. The van der Waals surface area contributed by atoms with Gasteiger partial charge in [0.15, 0.2) is 0 Å². The van der Waals surface area contributed by atoms with Crippen molar-refractivity contribution in [3.8, 4) is 0 Å². The van der Waals surface area contributed by atoms with Crippen LogP contribution in [0.1, 0.15) is 0 Å². The van der Waals surface area contributed by atoms with Gasteiger partial charge < -0.3 is 19.6 Å². The van der Waals surface area contributed by atoms with Gasteiger partial charge in [-0.2, -0.15) is 0 Å². The fraction of sp³-hybridized carbons (Fsp3) is 1.00. The first-order chi connectivity index (χ1) is 7.33. The normalized spacial score (nSPS) is 12.8. The second kappa shape index (κ2) is 8.01. The maximum atomic E-state index is 3.49. The molecule has 98 valence electrons. The van der Waals surface area contributed by atoms with Crippen LogP contribution in [0.15, 0.2) is 0 Å². The molecule has 0 aromatic carbocycles. The lowest BCUT2D eigenvalue weighted by Gasteiger charge is -2.31. The Balaban J connectivity index is 3.50. The number of nitrogens with one attached hydrogen (secondary N) is 1. The van der Waals surface area contributed by atoms with Crippen LogP contribution in [0.3, 0.4) is 0 Å². The van der Waals surface area contributed by atoms with Gasteiger partial charge in [0.1, 0.15) is 0 Å². The van der Waals surface area contributed by atoms with Crippen molar-refractivity contribution in [3.63, 3.8) is 0 Å². The molecule has 0 fully saturated rings. The van der Waals surface area contributed by atoms with Gasteiger partial charge in [-0.3, -0.25) is 0 Å². The first kappa shape index (κ1) is 15.8. The fourth-order valence-electron chi connectivity index (χ4n) is 1.39. The Hall–Kier alpha value is -0.160. The summed E-state index contributed by atoms with van der Waals surface area (Å²) in [6.07, 6.45) is 0. The summed E-state index contributed by atoms with van der Waals surface area (Å²) in [5, 5.41) is 3.49. The molecule has 0 saturated carbocycles. The summed E-state index contributed by atoms with van der Waals surface area (Å²) in [5.74, 6) is 0. The van der Waals surface area contributed by atoms with E-state index in [0.717, 1.165) is 30.7 Å². The van der Waals surface area contributed by atoms with Gasteiger partial charge in [0.2, 0.25) is 0 Å². The van der Waals surface area contributed by atoms with Crippen LogP contribution in [0.2, 0.25) is 0 Å².